The summed E-state index contributed by atoms with van der Waals surface area (Å²) >= 11 is 5.92. The maximum absolute atomic E-state index is 12.7. The van der Waals surface area contributed by atoms with Gasteiger partial charge in [0.2, 0.25) is 11.5 Å². The molecular weight excluding hydrogens is 368 g/mol. The molecule has 0 aliphatic heterocycles. The lowest BCUT2D eigenvalue weighted by Gasteiger charge is -2.12. The molecule has 6 heteroatoms. The van der Waals surface area contributed by atoms with E-state index >= 15 is 0 Å². The summed E-state index contributed by atoms with van der Waals surface area (Å²) in [5.41, 5.74) is 1.55. The van der Waals surface area contributed by atoms with Gasteiger partial charge in [0.05, 0.1) is 6.61 Å². The highest BCUT2D eigenvalue weighted by Crippen LogP contribution is 2.27. The molecular formula is C21H19ClO5. The molecule has 1 aromatic heterocycles. The molecule has 0 aliphatic rings. The van der Waals surface area contributed by atoms with Crippen LogP contribution in [0.1, 0.15) is 40.3 Å². The Labute approximate surface area is 161 Å². The van der Waals surface area contributed by atoms with Gasteiger partial charge >= 0.3 is 5.97 Å². The summed E-state index contributed by atoms with van der Waals surface area (Å²) in [5, 5.41) is 1.22. The van der Waals surface area contributed by atoms with E-state index in [1.54, 1.807) is 24.3 Å². The Hall–Kier alpha value is -2.63. The van der Waals surface area contributed by atoms with Gasteiger partial charge in [-0.15, -0.1) is 0 Å². The predicted molar refractivity (Wildman–Crippen MR) is 102 cm³/mol. The molecule has 0 N–H and O–H groups in total. The zero-order chi connectivity index (χ0) is 19.4. The standard InChI is InChI=1S/C21H19ClO5/c1-3-25-12-17-16-9-4-5-10-18(16)27-20(17)21(24)26-13(2)19(23)14-7-6-8-15(22)11-14/h4-11,13H,3,12H2,1-2H3/t13-/m0/s1. The van der Waals surface area contributed by atoms with Crippen molar-refractivity contribution in [2.45, 2.75) is 26.6 Å². The van der Waals surface area contributed by atoms with E-state index in [0.29, 0.717) is 28.3 Å². The van der Waals surface area contributed by atoms with Gasteiger partial charge in [-0.3, -0.25) is 4.79 Å². The summed E-state index contributed by atoms with van der Waals surface area (Å²) < 4.78 is 16.5. The largest absolute Gasteiger partial charge is 0.449 e. The summed E-state index contributed by atoms with van der Waals surface area (Å²) in [4.78, 5) is 25.2. The molecule has 140 valence electrons. The van der Waals surface area contributed by atoms with E-state index in [9.17, 15) is 9.59 Å². The van der Waals surface area contributed by atoms with Crippen LogP contribution < -0.4 is 0 Å². The molecule has 0 spiro atoms. The lowest BCUT2D eigenvalue weighted by molar-refractivity contribution is 0.0285. The fourth-order valence-electron chi connectivity index (χ4n) is 2.76. The van der Waals surface area contributed by atoms with Gasteiger partial charge in [0.1, 0.15) is 5.58 Å². The number of halogens is 1. The quantitative estimate of drug-likeness (QED) is 0.420. The van der Waals surface area contributed by atoms with Crippen LogP contribution in [-0.2, 0) is 16.1 Å². The number of ketones is 1. The summed E-state index contributed by atoms with van der Waals surface area (Å²) in [7, 11) is 0. The van der Waals surface area contributed by atoms with Crippen molar-refractivity contribution in [1.82, 2.24) is 0 Å². The maximum atomic E-state index is 12.7. The van der Waals surface area contributed by atoms with Gasteiger partial charge < -0.3 is 13.9 Å². The third-order valence-corrected chi connectivity index (χ3v) is 4.33. The van der Waals surface area contributed by atoms with Gasteiger partial charge in [0, 0.05) is 28.1 Å². The fraction of sp³-hybridized carbons (Fsp3) is 0.238. The highest BCUT2D eigenvalue weighted by molar-refractivity contribution is 6.31. The number of benzene rings is 2. The van der Waals surface area contributed by atoms with Crippen molar-refractivity contribution in [3.8, 4) is 0 Å². The summed E-state index contributed by atoms with van der Waals surface area (Å²) in [6, 6.07) is 13.8. The van der Waals surface area contributed by atoms with Crippen LogP contribution in [0, 0.1) is 0 Å². The highest BCUT2D eigenvalue weighted by Gasteiger charge is 2.26. The molecule has 0 unspecified atom stereocenters. The van der Waals surface area contributed by atoms with E-state index in [2.05, 4.69) is 0 Å². The topological polar surface area (TPSA) is 65.7 Å². The van der Waals surface area contributed by atoms with Crippen molar-refractivity contribution in [3.63, 3.8) is 0 Å². The fourth-order valence-corrected chi connectivity index (χ4v) is 2.95. The molecule has 3 aromatic rings. The monoisotopic (exact) mass is 386 g/mol. The van der Waals surface area contributed by atoms with Crippen molar-refractivity contribution in [1.29, 1.82) is 0 Å². The van der Waals surface area contributed by atoms with Crippen molar-refractivity contribution < 1.29 is 23.5 Å². The number of Topliss-reactive ketones (excluding diaryl/α,β-unsaturated/α-hetero) is 1. The van der Waals surface area contributed by atoms with Crippen molar-refractivity contribution in [2.24, 2.45) is 0 Å². The molecule has 5 nitrogen and oxygen atoms in total. The third kappa shape index (κ3) is 4.21. The summed E-state index contributed by atoms with van der Waals surface area (Å²) in [6.45, 7) is 4.10. The second-order valence-corrected chi connectivity index (χ2v) is 6.40. The third-order valence-electron chi connectivity index (χ3n) is 4.10. The Morgan fingerprint density at radius 2 is 1.93 bits per heavy atom. The molecule has 0 saturated carbocycles. The molecule has 0 fully saturated rings. The van der Waals surface area contributed by atoms with E-state index in [1.807, 2.05) is 25.1 Å². The lowest BCUT2D eigenvalue weighted by atomic mass is 10.1. The number of fused-ring (bicyclic) bond motifs is 1. The lowest BCUT2D eigenvalue weighted by Crippen LogP contribution is -2.24. The van der Waals surface area contributed by atoms with Gasteiger partial charge in [-0.25, -0.2) is 4.79 Å². The number of carbonyl (C=O) groups is 2. The molecule has 1 heterocycles. The number of ether oxygens (including phenoxy) is 2. The zero-order valence-electron chi connectivity index (χ0n) is 15.0. The van der Waals surface area contributed by atoms with Crippen LogP contribution in [0.25, 0.3) is 11.0 Å². The summed E-state index contributed by atoms with van der Waals surface area (Å²) in [5.74, 6) is -0.993. The Kier molecular flexibility index (Phi) is 5.94. The highest BCUT2D eigenvalue weighted by atomic mass is 35.5. The maximum Gasteiger partial charge on any atom is 0.375 e. The molecule has 1 atom stereocenters. The molecule has 0 radical (unpaired) electrons. The second kappa shape index (κ2) is 8.37. The minimum absolute atomic E-state index is 0.0513. The van der Waals surface area contributed by atoms with Crippen LogP contribution in [0.5, 0.6) is 0 Å². The van der Waals surface area contributed by atoms with Crippen LogP contribution in [-0.4, -0.2) is 24.5 Å². The number of hydrogen-bond donors (Lipinski definition) is 0. The number of para-hydroxylation sites is 1. The minimum atomic E-state index is -0.982. The van der Waals surface area contributed by atoms with Crippen LogP contribution in [0.15, 0.2) is 52.9 Å². The normalized spacial score (nSPS) is 12.1. The van der Waals surface area contributed by atoms with E-state index in [-0.39, 0.29) is 18.2 Å². The van der Waals surface area contributed by atoms with E-state index < -0.39 is 12.1 Å². The second-order valence-electron chi connectivity index (χ2n) is 5.97. The van der Waals surface area contributed by atoms with Crippen LogP contribution in [0.2, 0.25) is 5.02 Å². The average Bonchev–Trinajstić information content (AvgIpc) is 3.04. The number of esters is 1. The Morgan fingerprint density at radius 3 is 2.67 bits per heavy atom. The SMILES string of the molecule is CCOCc1c(C(=O)O[C@@H](C)C(=O)c2cccc(Cl)c2)oc2ccccc12. The van der Waals surface area contributed by atoms with Crippen LogP contribution >= 0.6 is 11.6 Å². The Balaban J connectivity index is 1.84. The Morgan fingerprint density at radius 1 is 1.15 bits per heavy atom. The van der Waals surface area contributed by atoms with Gasteiger partial charge in [0.15, 0.2) is 6.10 Å². The first-order valence-corrected chi connectivity index (χ1v) is 8.98. The summed E-state index contributed by atoms with van der Waals surface area (Å²) in [6.07, 6.45) is -0.982. The molecule has 0 bridgehead atoms. The van der Waals surface area contributed by atoms with Crippen LogP contribution in [0.4, 0.5) is 0 Å². The predicted octanol–water partition coefficient (Wildman–Crippen LogP) is 5.05. The van der Waals surface area contributed by atoms with Gasteiger partial charge in [0.25, 0.3) is 0 Å². The number of hydrogen-bond acceptors (Lipinski definition) is 5. The van der Waals surface area contributed by atoms with E-state index in [0.717, 1.165) is 5.39 Å². The van der Waals surface area contributed by atoms with Crippen molar-refractivity contribution in [3.05, 3.63) is 70.4 Å². The van der Waals surface area contributed by atoms with Gasteiger partial charge in [-0.05, 0) is 32.0 Å². The molecule has 0 aliphatic carbocycles. The Bertz CT molecular complexity index is 976. The average molecular weight is 387 g/mol. The first kappa shape index (κ1) is 19.1. The molecule has 2 aromatic carbocycles. The molecule has 27 heavy (non-hydrogen) atoms. The molecule has 0 saturated heterocycles. The minimum Gasteiger partial charge on any atom is -0.449 e. The van der Waals surface area contributed by atoms with Crippen LogP contribution in [0.3, 0.4) is 0 Å². The smallest absolute Gasteiger partial charge is 0.375 e. The zero-order valence-corrected chi connectivity index (χ0v) is 15.8. The van der Waals surface area contributed by atoms with Gasteiger partial charge in [-0.1, -0.05) is 41.9 Å². The first-order valence-electron chi connectivity index (χ1n) is 8.60. The molecule has 3 rings (SSSR count). The molecule has 0 amide bonds. The van der Waals surface area contributed by atoms with E-state index in [4.69, 9.17) is 25.5 Å². The van der Waals surface area contributed by atoms with E-state index in [1.165, 1.54) is 13.0 Å². The van der Waals surface area contributed by atoms with Gasteiger partial charge in [-0.2, -0.15) is 0 Å². The van der Waals surface area contributed by atoms with Crippen molar-refractivity contribution >= 4 is 34.3 Å². The number of rotatable bonds is 7. The number of furan rings is 1. The number of carbonyl (C=O) groups excluding carboxylic acids is 2. The first-order chi connectivity index (χ1) is 13.0. The van der Waals surface area contributed by atoms with Crippen molar-refractivity contribution in [2.75, 3.05) is 6.61 Å².